The van der Waals surface area contributed by atoms with Gasteiger partial charge in [-0.05, 0) is 55.3 Å². The second kappa shape index (κ2) is 5.60. The first-order valence-corrected chi connectivity index (χ1v) is 9.74. The van der Waals surface area contributed by atoms with E-state index in [1.165, 1.54) is 5.57 Å². The van der Waals surface area contributed by atoms with Crippen LogP contribution in [0.5, 0.6) is 0 Å². The third kappa shape index (κ3) is 2.40. The van der Waals surface area contributed by atoms with Crippen LogP contribution in [0.3, 0.4) is 0 Å². The van der Waals surface area contributed by atoms with Crippen LogP contribution < -0.4 is 0 Å². The average Bonchev–Trinajstić information content (AvgIpc) is 2.91. The van der Waals surface area contributed by atoms with Crippen LogP contribution in [-0.2, 0) is 9.59 Å². The van der Waals surface area contributed by atoms with Gasteiger partial charge in [-0.15, -0.1) is 0 Å². The van der Waals surface area contributed by atoms with Gasteiger partial charge >= 0.3 is 5.97 Å². The lowest BCUT2D eigenvalue weighted by Gasteiger charge is -2.58. The molecular weight excluding hydrogens is 332 g/mol. The molecule has 4 rings (SSSR count). The van der Waals surface area contributed by atoms with Crippen LogP contribution >= 0.6 is 0 Å². The molecule has 3 saturated carbocycles. The summed E-state index contributed by atoms with van der Waals surface area (Å²) >= 11 is 0. The lowest BCUT2D eigenvalue weighted by molar-refractivity contribution is -0.284. The Kier molecular flexibility index (Phi) is 3.89. The summed E-state index contributed by atoms with van der Waals surface area (Å²) in [5.74, 6) is -2.62. The number of hydrogen-bond donors (Lipinski definition) is 3. The Morgan fingerprint density at radius 3 is 2.54 bits per heavy atom. The molecule has 5 atom stereocenters. The van der Waals surface area contributed by atoms with E-state index in [-0.39, 0.29) is 5.41 Å². The van der Waals surface area contributed by atoms with Gasteiger partial charge in [0.05, 0.1) is 0 Å². The summed E-state index contributed by atoms with van der Waals surface area (Å²) in [6.07, 6.45) is 9.72. The SMILES string of the molecule is C[C@]12CC[C@H]3[C@@H](CCC4CC(=O)CC[C@@]43C)C1=CC=C2C(=O)C(O)(O)O. The number of fused-ring (bicyclic) bond motifs is 5. The van der Waals surface area contributed by atoms with Crippen molar-refractivity contribution in [2.45, 2.75) is 64.8 Å². The number of hydrogen-bond acceptors (Lipinski definition) is 5. The maximum absolute atomic E-state index is 12.3. The number of carbonyl (C=O) groups excluding carboxylic acids is 2. The van der Waals surface area contributed by atoms with E-state index < -0.39 is 17.2 Å². The largest absolute Gasteiger partial charge is 0.343 e. The lowest BCUT2D eigenvalue weighted by atomic mass is 9.46. The van der Waals surface area contributed by atoms with E-state index in [2.05, 4.69) is 6.92 Å². The quantitative estimate of drug-likeness (QED) is 0.657. The van der Waals surface area contributed by atoms with Gasteiger partial charge in [0.25, 0.3) is 0 Å². The summed E-state index contributed by atoms with van der Waals surface area (Å²) in [7, 11) is 0. The highest BCUT2D eigenvalue weighted by Gasteiger charge is 2.57. The molecule has 1 unspecified atom stereocenters. The van der Waals surface area contributed by atoms with Crippen molar-refractivity contribution in [2.75, 3.05) is 0 Å². The van der Waals surface area contributed by atoms with E-state index in [1.54, 1.807) is 6.08 Å². The zero-order valence-corrected chi connectivity index (χ0v) is 15.5. The van der Waals surface area contributed by atoms with Gasteiger partial charge in [-0.1, -0.05) is 31.6 Å². The van der Waals surface area contributed by atoms with E-state index in [0.717, 1.165) is 32.1 Å². The van der Waals surface area contributed by atoms with Gasteiger partial charge in [0.15, 0.2) is 0 Å². The van der Waals surface area contributed by atoms with Crippen LogP contribution in [0.1, 0.15) is 58.8 Å². The van der Waals surface area contributed by atoms with Crippen molar-refractivity contribution in [3.05, 3.63) is 23.3 Å². The van der Waals surface area contributed by atoms with Crippen molar-refractivity contribution in [1.29, 1.82) is 0 Å². The highest BCUT2D eigenvalue weighted by molar-refractivity contribution is 6.02. The molecule has 4 aliphatic carbocycles. The van der Waals surface area contributed by atoms with E-state index in [0.29, 0.717) is 42.0 Å². The maximum Gasteiger partial charge on any atom is 0.343 e. The fourth-order valence-electron chi connectivity index (χ4n) is 6.55. The molecule has 0 spiro atoms. The number of allylic oxidation sites excluding steroid dienone is 3. The number of aliphatic hydroxyl groups is 3. The Morgan fingerprint density at radius 2 is 1.85 bits per heavy atom. The van der Waals surface area contributed by atoms with Crippen LogP contribution in [0, 0.1) is 28.6 Å². The molecular formula is C21H28O5. The molecule has 0 radical (unpaired) electrons. The summed E-state index contributed by atoms with van der Waals surface area (Å²) in [5, 5.41) is 28.1. The van der Waals surface area contributed by atoms with Gasteiger partial charge in [0.2, 0.25) is 5.78 Å². The van der Waals surface area contributed by atoms with Crippen molar-refractivity contribution < 1.29 is 24.9 Å². The summed E-state index contributed by atoms with van der Waals surface area (Å²) in [4.78, 5) is 24.3. The first-order chi connectivity index (χ1) is 12.1. The molecule has 0 heterocycles. The molecule has 0 aromatic carbocycles. The third-order valence-corrected chi connectivity index (χ3v) is 8.07. The normalized spacial score (nSPS) is 42.3. The maximum atomic E-state index is 12.3. The summed E-state index contributed by atoms with van der Waals surface area (Å²) < 4.78 is 0. The molecule has 26 heavy (non-hydrogen) atoms. The number of Topliss-reactive ketones (excluding diaryl/α,β-unsaturated/α-hetero) is 2. The van der Waals surface area contributed by atoms with Crippen LogP contribution in [0.25, 0.3) is 0 Å². The predicted octanol–water partition coefficient (Wildman–Crippen LogP) is 2.25. The van der Waals surface area contributed by atoms with Crippen molar-refractivity contribution in [3.8, 4) is 0 Å². The Morgan fingerprint density at radius 1 is 1.12 bits per heavy atom. The minimum Gasteiger partial charge on any atom is -0.337 e. The van der Waals surface area contributed by atoms with Crippen molar-refractivity contribution >= 4 is 11.6 Å². The molecule has 3 fully saturated rings. The van der Waals surface area contributed by atoms with E-state index >= 15 is 0 Å². The molecule has 0 saturated heterocycles. The van der Waals surface area contributed by atoms with Crippen molar-refractivity contribution in [2.24, 2.45) is 28.6 Å². The second-order valence-corrected chi connectivity index (χ2v) is 9.27. The van der Waals surface area contributed by atoms with Gasteiger partial charge in [0, 0.05) is 23.8 Å². The topological polar surface area (TPSA) is 94.8 Å². The zero-order valence-electron chi connectivity index (χ0n) is 15.5. The summed E-state index contributed by atoms with van der Waals surface area (Å²) in [6, 6.07) is 0. The zero-order chi connectivity index (χ0) is 18.9. The fourth-order valence-corrected chi connectivity index (χ4v) is 6.55. The van der Waals surface area contributed by atoms with Crippen LogP contribution in [-0.4, -0.2) is 32.9 Å². The molecule has 142 valence electrons. The van der Waals surface area contributed by atoms with Gasteiger partial charge in [-0.3, -0.25) is 9.59 Å². The molecule has 4 aliphatic rings. The second-order valence-electron chi connectivity index (χ2n) is 9.27. The van der Waals surface area contributed by atoms with Crippen LogP contribution in [0.2, 0.25) is 0 Å². The number of ketones is 2. The first kappa shape index (κ1) is 18.1. The molecule has 3 N–H and O–H groups in total. The van der Waals surface area contributed by atoms with Crippen molar-refractivity contribution in [1.82, 2.24) is 0 Å². The highest BCUT2D eigenvalue weighted by atomic mass is 16.7. The third-order valence-electron chi connectivity index (χ3n) is 8.07. The number of carbonyl (C=O) groups is 2. The minimum atomic E-state index is -3.32. The van der Waals surface area contributed by atoms with Gasteiger partial charge in [0.1, 0.15) is 5.78 Å². The smallest absolute Gasteiger partial charge is 0.337 e. The predicted molar refractivity (Wildman–Crippen MR) is 94.6 cm³/mol. The van der Waals surface area contributed by atoms with Crippen LogP contribution in [0.15, 0.2) is 23.3 Å². The number of rotatable bonds is 2. The Hall–Kier alpha value is -1.30. The molecule has 0 amide bonds. The van der Waals surface area contributed by atoms with Crippen molar-refractivity contribution in [3.63, 3.8) is 0 Å². The van der Waals surface area contributed by atoms with Gasteiger partial charge in [-0.25, -0.2) is 0 Å². The van der Waals surface area contributed by atoms with E-state index in [4.69, 9.17) is 0 Å². The van der Waals surface area contributed by atoms with Gasteiger partial charge < -0.3 is 15.3 Å². The highest BCUT2D eigenvalue weighted by Crippen LogP contribution is 2.64. The van der Waals surface area contributed by atoms with Gasteiger partial charge in [-0.2, -0.15) is 0 Å². The standard InChI is InChI=1S/C21H28O5/c1-19-9-7-13(22)11-12(19)3-4-14-15-5-6-17(18(23)21(24,25)26)20(15,2)10-8-16(14)19/h5-6,12,14,16,24-26H,3-4,7-11H2,1-2H3/t12?,14-,16-,19-,20-/m0/s1. The summed E-state index contributed by atoms with van der Waals surface area (Å²) in [5.41, 5.74) is 1.12. The molecule has 0 aromatic rings. The molecule has 0 bridgehead atoms. The lowest BCUT2D eigenvalue weighted by Crippen LogP contribution is -2.52. The Labute approximate surface area is 153 Å². The Balaban J connectivity index is 1.63. The Bertz CT molecular complexity index is 727. The first-order valence-electron chi connectivity index (χ1n) is 9.74. The molecule has 0 aromatic heterocycles. The summed E-state index contributed by atoms with van der Waals surface area (Å²) in [6.45, 7) is 4.33. The van der Waals surface area contributed by atoms with Crippen LogP contribution in [0.4, 0.5) is 0 Å². The fraction of sp³-hybridized carbons (Fsp3) is 0.714. The molecule has 5 heteroatoms. The monoisotopic (exact) mass is 360 g/mol. The molecule has 0 aliphatic heterocycles. The molecule has 5 nitrogen and oxygen atoms in total. The van der Waals surface area contributed by atoms with E-state index in [9.17, 15) is 24.9 Å². The van der Waals surface area contributed by atoms with E-state index in [1.807, 2.05) is 13.0 Å². The average molecular weight is 360 g/mol. The minimum absolute atomic E-state index is 0.167.